The molecule has 0 aromatic rings. The van der Waals surface area contributed by atoms with E-state index in [-0.39, 0.29) is 12.3 Å². The van der Waals surface area contributed by atoms with E-state index in [0.29, 0.717) is 6.42 Å². The van der Waals surface area contributed by atoms with Crippen LogP contribution in [0.15, 0.2) is 24.3 Å². The number of aliphatic carboxylic acids is 1. The third-order valence-corrected chi connectivity index (χ3v) is 4.76. The lowest BCUT2D eigenvalue weighted by molar-refractivity contribution is -0.136. The van der Waals surface area contributed by atoms with Gasteiger partial charge in [0.15, 0.2) is 0 Å². The van der Waals surface area contributed by atoms with Gasteiger partial charge in [-0.05, 0) is 65.6 Å². The molecular weight excluding hydrogens is 388 g/mol. The summed E-state index contributed by atoms with van der Waals surface area (Å²) in [5, 5.41) is 10.7. The van der Waals surface area contributed by atoms with Crippen molar-refractivity contribution in [1.29, 1.82) is 0 Å². The third-order valence-electron chi connectivity index (χ3n) is 4.76. The molecule has 2 N–H and O–H groups in total. The van der Waals surface area contributed by atoms with E-state index in [1.54, 1.807) is 6.92 Å². The highest BCUT2D eigenvalue weighted by Gasteiger charge is 2.00. The fourth-order valence-corrected chi connectivity index (χ4v) is 2.81. The van der Waals surface area contributed by atoms with E-state index in [1.165, 1.54) is 57.8 Å². The number of carboxylic acids is 1. The number of carboxylic acid groups (broad SMARTS) is 1. The Labute approximate surface area is 192 Å². The zero-order valence-corrected chi connectivity index (χ0v) is 20.8. The maximum atomic E-state index is 11.7. The van der Waals surface area contributed by atoms with Gasteiger partial charge in [-0.1, -0.05) is 70.3 Å². The first kappa shape index (κ1) is 31.6. The number of carbonyl (C=O) groups excluding carboxylic acids is 1. The van der Waals surface area contributed by atoms with Gasteiger partial charge < -0.3 is 15.3 Å². The van der Waals surface area contributed by atoms with Crippen molar-refractivity contribution in [2.75, 3.05) is 27.2 Å². The minimum Gasteiger partial charge on any atom is -0.481 e. The van der Waals surface area contributed by atoms with Crippen LogP contribution in [0.2, 0.25) is 0 Å². The van der Waals surface area contributed by atoms with E-state index < -0.39 is 5.97 Å². The largest absolute Gasteiger partial charge is 0.481 e. The maximum absolute atomic E-state index is 11.7. The number of allylic oxidation sites excluding steroid dienone is 4. The molecule has 0 radical (unpaired) electrons. The first-order chi connectivity index (χ1) is 14.9. The van der Waals surface area contributed by atoms with Crippen molar-refractivity contribution >= 4 is 11.9 Å². The van der Waals surface area contributed by atoms with E-state index in [4.69, 9.17) is 5.11 Å². The van der Waals surface area contributed by atoms with Gasteiger partial charge in [0.1, 0.15) is 0 Å². The second kappa shape index (κ2) is 26.4. The van der Waals surface area contributed by atoms with Crippen LogP contribution in [0.4, 0.5) is 0 Å². The van der Waals surface area contributed by atoms with Crippen LogP contribution >= 0.6 is 0 Å². The highest BCUT2D eigenvalue weighted by atomic mass is 16.4. The second-order valence-corrected chi connectivity index (χ2v) is 8.23. The summed E-state index contributed by atoms with van der Waals surface area (Å²) < 4.78 is 0. The first-order valence-electron chi connectivity index (χ1n) is 12.4. The molecule has 0 unspecified atom stereocenters. The average molecular weight is 439 g/mol. The molecule has 0 aliphatic carbocycles. The number of hydrogen-bond acceptors (Lipinski definition) is 3. The number of hydrogen-bond donors (Lipinski definition) is 2. The lowest BCUT2D eigenvalue weighted by atomic mass is 10.1. The van der Waals surface area contributed by atoms with Gasteiger partial charge in [0.05, 0.1) is 0 Å². The van der Waals surface area contributed by atoms with Gasteiger partial charge in [0, 0.05) is 19.4 Å². The molecule has 0 atom stereocenters. The van der Waals surface area contributed by atoms with Gasteiger partial charge in [-0.15, -0.1) is 0 Å². The Morgan fingerprint density at radius 2 is 1.35 bits per heavy atom. The molecule has 0 rings (SSSR count). The quantitative estimate of drug-likeness (QED) is 0.182. The molecule has 0 aliphatic heterocycles. The van der Waals surface area contributed by atoms with Crippen molar-refractivity contribution in [3.8, 4) is 0 Å². The van der Waals surface area contributed by atoms with Crippen molar-refractivity contribution in [2.45, 2.75) is 104 Å². The Morgan fingerprint density at radius 1 is 0.806 bits per heavy atom. The molecule has 5 heteroatoms. The van der Waals surface area contributed by atoms with E-state index in [0.717, 1.165) is 32.4 Å². The normalized spacial score (nSPS) is 11.1. The Morgan fingerprint density at radius 3 is 1.90 bits per heavy atom. The fourth-order valence-electron chi connectivity index (χ4n) is 2.81. The number of unbranched alkanes of at least 4 members (excludes halogenated alkanes) is 8. The van der Waals surface area contributed by atoms with E-state index in [9.17, 15) is 9.59 Å². The Kier molecular flexibility index (Phi) is 26.9. The Balaban J connectivity index is 0. The van der Waals surface area contributed by atoms with E-state index in [2.05, 4.69) is 55.5 Å². The molecule has 0 fully saturated rings. The van der Waals surface area contributed by atoms with Gasteiger partial charge in [-0.2, -0.15) is 0 Å². The number of carbonyl (C=O) groups is 2. The van der Waals surface area contributed by atoms with Gasteiger partial charge >= 0.3 is 5.97 Å². The third kappa shape index (κ3) is 33.2. The summed E-state index contributed by atoms with van der Waals surface area (Å²) in [6.45, 7) is 5.68. The van der Waals surface area contributed by atoms with Gasteiger partial charge in [0.2, 0.25) is 5.91 Å². The van der Waals surface area contributed by atoms with Crippen molar-refractivity contribution in [3.63, 3.8) is 0 Å². The van der Waals surface area contributed by atoms with E-state index >= 15 is 0 Å². The molecule has 0 heterocycles. The van der Waals surface area contributed by atoms with E-state index in [1.807, 2.05) is 0 Å². The molecule has 5 nitrogen and oxygen atoms in total. The van der Waals surface area contributed by atoms with Gasteiger partial charge in [0.25, 0.3) is 0 Å². The fraction of sp³-hybridized carbons (Fsp3) is 0.769. The minimum absolute atomic E-state index is 0.217. The van der Waals surface area contributed by atoms with Crippen LogP contribution in [-0.4, -0.2) is 49.1 Å². The summed E-state index contributed by atoms with van der Waals surface area (Å²) in [4.78, 5) is 23.2. The molecule has 0 aliphatic rings. The lowest BCUT2D eigenvalue weighted by Gasteiger charge is -2.09. The molecule has 0 aromatic heterocycles. The zero-order valence-electron chi connectivity index (χ0n) is 20.8. The van der Waals surface area contributed by atoms with Crippen molar-refractivity contribution in [2.24, 2.45) is 0 Å². The number of nitrogens with zero attached hydrogens (tertiary/aromatic N) is 1. The van der Waals surface area contributed by atoms with Crippen LogP contribution in [0, 0.1) is 0 Å². The molecule has 0 saturated carbocycles. The number of rotatable bonds is 19. The first-order valence-corrected chi connectivity index (χ1v) is 12.4. The second-order valence-electron chi connectivity index (χ2n) is 8.23. The number of amides is 1. The summed E-state index contributed by atoms with van der Waals surface area (Å²) in [5.74, 6) is -0.528. The average Bonchev–Trinajstić information content (AvgIpc) is 2.74. The molecule has 0 spiro atoms. The minimum atomic E-state index is -0.745. The summed E-state index contributed by atoms with van der Waals surface area (Å²) in [6.07, 6.45) is 24.6. The van der Waals surface area contributed by atoms with Crippen molar-refractivity contribution in [1.82, 2.24) is 10.2 Å². The molecule has 0 saturated heterocycles. The smallest absolute Gasteiger partial charge is 0.303 e. The maximum Gasteiger partial charge on any atom is 0.303 e. The SMILES string of the molecule is CCC(=O)O.CCCCC/C=C\C/C=C\CCCCCCCC(=O)NCCCN(C)C. The standard InChI is InChI=1S/C23H44N2O.C3H6O2/c1-4-5-6-7-8-9-10-11-12-13-14-15-16-17-18-20-23(26)24-21-19-22-25(2)3;1-2-3(4)5/h8-9,11-12H,4-7,10,13-22H2,1-3H3,(H,24,26);2H2,1H3,(H,4,5)/b9-8-,12-11-;. The molecule has 0 bridgehead atoms. The summed E-state index contributed by atoms with van der Waals surface area (Å²) in [6, 6.07) is 0. The lowest BCUT2D eigenvalue weighted by Crippen LogP contribution is -2.26. The van der Waals surface area contributed by atoms with Crippen LogP contribution in [0.1, 0.15) is 104 Å². The summed E-state index contributed by atoms with van der Waals surface area (Å²) in [7, 11) is 4.12. The van der Waals surface area contributed by atoms with Crippen LogP contribution in [0.5, 0.6) is 0 Å². The molecular formula is C26H50N2O3. The molecule has 1 amide bonds. The monoisotopic (exact) mass is 438 g/mol. The molecule has 31 heavy (non-hydrogen) atoms. The van der Waals surface area contributed by atoms with Gasteiger partial charge in [-0.3, -0.25) is 9.59 Å². The molecule has 182 valence electrons. The van der Waals surface area contributed by atoms with Crippen LogP contribution in [-0.2, 0) is 9.59 Å². The summed E-state index contributed by atoms with van der Waals surface area (Å²) >= 11 is 0. The van der Waals surface area contributed by atoms with Crippen molar-refractivity contribution < 1.29 is 14.7 Å². The Bertz CT molecular complexity index is 460. The highest BCUT2D eigenvalue weighted by molar-refractivity contribution is 5.75. The van der Waals surface area contributed by atoms with Crippen LogP contribution in [0.3, 0.4) is 0 Å². The summed E-state index contributed by atoms with van der Waals surface area (Å²) in [5.41, 5.74) is 0. The highest BCUT2D eigenvalue weighted by Crippen LogP contribution is 2.08. The zero-order chi connectivity index (χ0) is 23.6. The van der Waals surface area contributed by atoms with Gasteiger partial charge in [-0.25, -0.2) is 0 Å². The van der Waals surface area contributed by atoms with Crippen molar-refractivity contribution in [3.05, 3.63) is 24.3 Å². The Hall–Kier alpha value is -1.62. The van der Waals surface area contributed by atoms with Crippen LogP contribution < -0.4 is 5.32 Å². The topological polar surface area (TPSA) is 69.6 Å². The van der Waals surface area contributed by atoms with Crippen LogP contribution in [0.25, 0.3) is 0 Å². The predicted octanol–water partition coefficient (Wildman–Crippen LogP) is 6.35. The predicted molar refractivity (Wildman–Crippen MR) is 133 cm³/mol. The molecule has 0 aromatic carbocycles. The number of nitrogens with one attached hydrogen (secondary N) is 1.